The third kappa shape index (κ3) is 4.38. The van der Waals surface area contributed by atoms with Gasteiger partial charge in [-0.1, -0.05) is 0 Å². The molecule has 10 heteroatoms. The molecule has 0 bridgehead atoms. The SMILES string of the molecule is O=c1cc(-c2ccc(OCC(F)(F)F)c(F)c2)nc2ccc(N3CCNCC3)cn12. The smallest absolute Gasteiger partial charge is 0.422 e. The molecule has 6 nitrogen and oxygen atoms in total. The summed E-state index contributed by atoms with van der Waals surface area (Å²) in [6.45, 7) is 1.78. The monoisotopic (exact) mass is 422 g/mol. The third-order valence-corrected chi connectivity index (χ3v) is 4.75. The first-order valence-corrected chi connectivity index (χ1v) is 9.29. The van der Waals surface area contributed by atoms with E-state index >= 15 is 0 Å². The van der Waals surface area contributed by atoms with Crippen molar-refractivity contribution in [2.45, 2.75) is 6.18 Å². The number of rotatable bonds is 4. The number of benzene rings is 1. The lowest BCUT2D eigenvalue weighted by Gasteiger charge is -2.29. The van der Waals surface area contributed by atoms with Crippen molar-refractivity contribution in [3.63, 3.8) is 0 Å². The minimum atomic E-state index is -4.57. The van der Waals surface area contributed by atoms with Gasteiger partial charge in [-0.2, -0.15) is 13.2 Å². The van der Waals surface area contributed by atoms with E-state index in [-0.39, 0.29) is 16.8 Å². The van der Waals surface area contributed by atoms with Crippen molar-refractivity contribution < 1.29 is 22.3 Å². The molecule has 158 valence electrons. The molecule has 0 atom stereocenters. The summed E-state index contributed by atoms with van der Waals surface area (Å²) in [5.74, 6) is -1.48. The van der Waals surface area contributed by atoms with Gasteiger partial charge in [0.1, 0.15) is 5.65 Å². The van der Waals surface area contributed by atoms with Crippen LogP contribution in [0.2, 0.25) is 0 Å². The van der Waals surface area contributed by atoms with Gasteiger partial charge in [0.25, 0.3) is 5.56 Å². The molecule has 0 radical (unpaired) electrons. The number of nitrogens with zero attached hydrogens (tertiary/aromatic N) is 3. The second kappa shape index (κ2) is 7.94. The van der Waals surface area contributed by atoms with Crippen LogP contribution in [0.4, 0.5) is 23.2 Å². The van der Waals surface area contributed by atoms with Crippen molar-refractivity contribution in [1.29, 1.82) is 0 Å². The number of anilines is 1. The Hall–Kier alpha value is -3.14. The summed E-state index contributed by atoms with van der Waals surface area (Å²) in [5, 5.41) is 3.26. The van der Waals surface area contributed by atoms with Crippen LogP contribution >= 0.6 is 0 Å². The summed E-state index contributed by atoms with van der Waals surface area (Å²) in [4.78, 5) is 19.2. The topological polar surface area (TPSA) is 58.9 Å². The fourth-order valence-corrected chi connectivity index (χ4v) is 3.29. The lowest BCUT2D eigenvalue weighted by molar-refractivity contribution is -0.153. The van der Waals surface area contributed by atoms with Gasteiger partial charge in [0, 0.05) is 44.0 Å². The van der Waals surface area contributed by atoms with E-state index < -0.39 is 24.3 Å². The fraction of sp³-hybridized carbons (Fsp3) is 0.300. The first kappa shape index (κ1) is 20.1. The Bertz CT molecular complexity index is 1120. The molecule has 0 spiro atoms. The van der Waals surface area contributed by atoms with Crippen molar-refractivity contribution in [1.82, 2.24) is 14.7 Å². The summed E-state index contributed by atoms with van der Waals surface area (Å²) >= 11 is 0. The lowest BCUT2D eigenvalue weighted by Crippen LogP contribution is -2.43. The zero-order valence-electron chi connectivity index (χ0n) is 15.7. The van der Waals surface area contributed by atoms with E-state index in [0.29, 0.717) is 5.65 Å². The summed E-state index contributed by atoms with van der Waals surface area (Å²) in [6.07, 6.45) is -2.85. The van der Waals surface area contributed by atoms with Gasteiger partial charge < -0.3 is 15.0 Å². The molecule has 1 saturated heterocycles. The number of halogens is 4. The minimum Gasteiger partial charge on any atom is -0.481 e. The maximum atomic E-state index is 14.2. The zero-order valence-corrected chi connectivity index (χ0v) is 15.7. The van der Waals surface area contributed by atoms with Crippen LogP contribution in [0.1, 0.15) is 0 Å². The van der Waals surface area contributed by atoms with Crippen molar-refractivity contribution in [3.8, 4) is 17.0 Å². The molecule has 3 heterocycles. The predicted octanol–water partition coefficient (Wildman–Crippen LogP) is 2.85. The maximum absolute atomic E-state index is 14.2. The van der Waals surface area contributed by atoms with Gasteiger partial charge in [-0.05, 0) is 30.3 Å². The maximum Gasteiger partial charge on any atom is 0.422 e. The van der Waals surface area contributed by atoms with Gasteiger partial charge in [-0.15, -0.1) is 0 Å². The van der Waals surface area contributed by atoms with Gasteiger partial charge >= 0.3 is 6.18 Å². The highest BCUT2D eigenvalue weighted by molar-refractivity contribution is 5.63. The van der Waals surface area contributed by atoms with Crippen molar-refractivity contribution in [2.24, 2.45) is 0 Å². The number of fused-ring (bicyclic) bond motifs is 1. The standard InChI is InChI=1S/C20H18F4N4O2/c21-15-9-13(1-3-17(15)30-12-20(22,23)24)16-10-19(29)28-11-14(2-4-18(28)26-16)27-7-5-25-6-8-27/h1-4,9-11,25H,5-8,12H2. The number of nitrogens with one attached hydrogen (secondary N) is 1. The Morgan fingerprint density at radius 2 is 1.87 bits per heavy atom. The summed E-state index contributed by atoms with van der Waals surface area (Å²) < 4.78 is 56.8. The highest BCUT2D eigenvalue weighted by Crippen LogP contribution is 2.26. The number of hydrogen-bond acceptors (Lipinski definition) is 5. The molecule has 1 aliphatic rings. The second-order valence-electron chi connectivity index (χ2n) is 6.88. The largest absolute Gasteiger partial charge is 0.481 e. The van der Waals surface area contributed by atoms with Crippen LogP contribution < -0.4 is 20.5 Å². The number of aromatic nitrogens is 2. The Morgan fingerprint density at radius 1 is 1.10 bits per heavy atom. The predicted molar refractivity (Wildman–Crippen MR) is 103 cm³/mol. The zero-order chi connectivity index (χ0) is 21.3. The highest BCUT2D eigenvalue weighted by atomic mass is 19.4. The molecule has 4 rings (SSSR count). The van der Waals surface area contributed by atoms with Gasteiger partial charge in [-0.25, -0.2) is 9.37 Å². The Morgan fingerprint density at radius 3 is 2.57 bits per heavy atom. The van der Waals surface area contributed by atoms with E-state index in [2.05, 4.69) is 19.9 Å². The fourth-order valence-electron chi connectivity index (χ4n) is 3.29. The number of alkyl halides is 3. The molecule has 0 amide bonds. The molecule has 1 aliphatic heterocycles. The van der Waals surface area contributed by atoms with E-state index in [4.69, 9.17) is 0 Å². The molecule has 1 fully saturated rings. The van der Waals surface area contributed by atoms with E-state index in [1.807, 2.05) is 6.07 Å². The molecule has 0 unspecified atom stereocenters. The molecule has 1 aromatic carbocycles. The van der Waals surface area contributed by atoms with Crippen LogP contribution in [-0.2, 0) is 0 Å². The van der Waals surface area contributed by atoms with E-state index in [1.165, 1.54) is 16.5 Å². The summed E-state index contributed by atoms with van der Waals surface area (Å²) in [7, 11) is 0. The normalized spacial score (nSPS) is 14.9. The van der Waals surface area contributed by atoms with E-state index in [1.54, 1.807) is 12.3 Å². The van der Waals surface area contributed by atoms with E-state index in [0.717, 1.165) is 44.0 Å². The number of ether oxygens (including phenoxy) is 1. The molecule has 1 N–H and O–H groups in total. The molecule has 0 aliphatic carbocycles. The summed E-state index contributed by atoms with van der Waals surface area (Å²) in [6, 6.07) is 8.29. The van der Waals surface area contributed by atoms with Gasteiger partial charge in [0.05, 0.1) is 11.4 Å². The van der Waals surface area contributed by atoms with Crippen molar-refractivity contribution >= 4 is 11.3 Å². The average molecular weight is 422 g/mol. The number of hydrogen-bond donors (Lipinski definition) is 1. The lowest BCUT2D eigenvalue weighted by atomic mass is 10.1. The van der Waals surface area contributed by atoms with Crippen LogP contribution in [-0.4, -0.2) is 48.3 Å². The van der Waals surface area contributed by atoms with Crippen molar-refractivity contribution in [2.75, 3.05) is 37.7 Å². The van der Waals surface area contributed by atoms with Crippen LogP contribution in [0.25, 0.3) is 16.9 Å². The molecule has 30 heavy (non-hydrogen) atoms. The quantitative estimate of drug-likeness (QED) is 0.656. The minimum absolute atomic E-state index is 0.219. The molecule has 0 saturated carbocycles. The van der Waals surface area contributed by atoms with Crippen LogP contribution in [0.3, 0.4) is 0 Å². The first-order valence-electron chi connectivity index (χ1n) is 9.29. The van der Waals surface area contributed by atoms with Crippen LogP contribution in [0, 0.1) is 5.82 Å². The number of piperazine rings is 1. The molecule has 3 aromatic rings. The van der Waals surface area contributed by atoms with Crippen LogP contribution in [0.15, 0.2) is 47.4 Å². The van der Waals surface area contributed by atoms with Gasteiger partial charge in [-0.3, -0.25) is 9.20 Å². The first-order chi connectivity index (χ1) is 14.3. The number of pyridine rings is 1. The Kier molecular flexibility index (Phi) is 5.33. The summed E-state index contributed by atoms with van der Waals surface area (Å²) in [5.41, 5.74) is 1.42. The van der Waals surface area contributed by atoms with Gasteiger partial charge in [0.15, 0.2) is 18.2 Å². The average Bonchev–Trinajstić information content (AvgIpc) is 2.72. The molecular weight excluding hydrogens is 404 g/mol. The second-order valence-corrected chi connectivity index (χ2v) is 6.88. The van der Waals surface area contributed by atoms with Crippen molar-refractivity contribution in [3.05, 3.63) is 58.8 Å². The molecular formula is C20H18F4N4O2. The Labute approximate surface area is 168 Å². The Balaban J connectivity index is 1.63. The van der Waals surface area contributed by atoms with Gasteiger partial charge in [0.2, 0.25) is 0 Å². The van der Waals surface area contributed by atoms with E-state index in [9.17, 15) is 22.4 Å². The molecule has 2 aromatic heterocycles. The highest BCUT2D eigenvalue weighted by Gasteiger charge is 2.29. The van der Waals surface area contributed by atoms with Crippen LogP contribution in [0.5, 0.6) is 5.75 Å². The third-order valence-electron chi connectivity index (χ3n) is 4.75.